The van der Waals surface area contributed by atoms with Gasteiger partial charge in [0.05, 0.1) is 30.0 Å². The van der Waals surface area contributed by atoms with Gasteiger partial charge in [0.2, 0.25) is 15.9 Å². The van der Waals surface area contributed by atoms with Crippen molar-refractivity contribution in [2.75, 3.05) is 13.1 Å². The van der Waals surface area contributed by atoms with Crippen molar-refractivity contribution in [1.29, 1.82) is 0 Å². The highest BCUT2D eigenvalue weighted by atomic mass is 32.2. The van der Waals surface area contributed by atoms with E-state index in [1.807, 2.05) is 19.3 Å². The Morgan fingerprint density at radius 1 is 1.38 bits per heavy atom. The second-order valence-electron chi connectivity index (χ2n) is 6.62. The van der Waals surface area contributed by atoms with Crippen molar-refractivity contribution in [3.05, 3.63) is 29.8 Å². The molecule has 2 aromatic heterocycles. The highest BCUT2D eigenvalue weighted by molar-refractivity contribution is 7.89. The van der Waals surface area contributed by atoms with Crippen molar-refractivity contribution in [1.82, 2.24) is 29.2 Å². The van der Waals surface area contributed by atoms with Gasteiger partial charge in [-0.2, -0.15) is 14.5 Å². The molecule has 1 saturated heterocycles. The van der Waals surface area contributed by atoms with E-state index in [4.69, 9.17) is 0 Å². The maximum atomic E-state index is 12.9. The predicted octanol–water partition coefficient (Wildman–Crippen LogP) is 0.179. The van der Waals surface area contributed by atoms with E-state index in [0.29, 0.717) is 31.6 Å². The van der Waals surface area contributed by atoms with Crippen LogP contribution in [0.5, 0.6) is 0 Å². The number of carbonyl (C=O) groups is 1. The molecule has 0 radical (unpaired) electrons. The molecule has 1 N–H and O–H groups in total. The number of carbonyl (C=O) groups excluding carboxylic acids is 1. The molecule has 0 aromatic carbocycles. The zero-order valence-electron chi connectivity index (χ0n) is 15.2. The molecule has 1 atom stereocenters. The lowest BCUT2D eigenvalue weighted by molar-refractivity contribution is -0.126. The standard InChI is InChI=1S/C16H24N6O3S/c1-12-15(10-18-21(12)3)26(24,25)22-7-4-5-13(11-22)16(23)17-9-14-6-8-20(2)19-14/h6,8,10,13H,4-5,7,9,11H2,1-3H3,(H,17,23)/t13-/m0/s1. The van der Waals surface area contributed by atoms with Crippen LogP contribution in [0.2, 0.25) is 0 Å². The number of sulfonamides is 1. The van der Waals surface area contributed by atoms with Gasteiger partial charge in [-0.25, -0.2) is 8.42 Å². The van der Waals surface area contributed by atoms with Crippen molar-refractivity contribution in [2.24, 2.45) is 20.0 Å². The number of nitrogens with one attached hydrogen (secondary N) is 1. The molecule has 0 spiro atoms. The molecule has 10 heteroatoms. The van der Waals surface area contributed by atoms with Gasteiger partial charge in [0.15, 0.2) is 0 Å². The molecule has 0 unspecified atom stereocenters. The largest absolute Gasteiger partial charge is 0.350 e. The number of amides is 1. The van der Waals surface area contributed by atoms with Crippen molar-refractivity contribution < 1.29 is 13.2 Å². The van der Waals surface area contributed by atoms with E-state index in [-0.39, 0.29) is 23.3 Å². The minimum atomic E-state index is -3.65. The Hall–Kier alpha value is -2.20. The smallest absolute Gasteiger partial charge is 0.246 e. The van der Waals surface area contributed by atoms with E-state index >= 15 is 0 Å². The molecule has 9 nitrogen and oxygen atoms in total. The van der Waals surface area contributed by atoms with Gasteiger partial charge in [0.1, 0.15) is 4.90 Å². The van der Waals surface area contributed by atoms with Crippen LogP contribution < -0.4 is 5.32 Å². The lowest BCUT2D eigenvalue weighted by Gasteiger charge is -2.31. The third-order valence-corrected chi connectivity index (χ3v) is 6.74. The van der Waals surface area contributed by atoms with Crippen molar-refractivity contribution in [3.63, 3.8) is 0 Å². The Morgan fingerprint density at radius 3 is 2.77 bits per heavy atom. The molecule has 26 heavy (non-hydrogen) atoms. The van der Waals surface area contributed by atoms with Crippen LogP contribution in [0.25, 0.3) is 0 Å². The maximum Gasteiger partial charge on any atom is 0.246 e. The van der Waals surface area contributed by atoms with Crippen LogP contribution in [0.15, 0.2) is 23.4 Å². The molecule has 2 aromatic rings. The molecule has 0 saturated carbocycles. The summed E-state index contributed by atoms with van der Waals surface area (Å²) in [7, 11) is -0.126. The molecule has 1 aliphatic heterocycles. The average molecular weight is 380 g/mol. The van der Waals surface area contributed by atoms with Gasteiger partial charge < -0.3 is 5.32 Å². The van der Waals surface area contributed by atoms with Crippen LogP contribution in [0.3, 0.4) is 0 Å². The van der Waals surface area contributed by atoms with Crippen LogP contribution in [0.1, 0.15) is 24.2 Å². The van der Waals surface area contributed by atoms with Crippen molar-refractivity contribution >= 4 is 15.9 Å². The number of aromatic nitrogens is 4. The minimum absolute atomic E-state index is 0.140. The first kappa shape index (κ1) is 18.6. The molecule has 0 bridgehead atoms. The normalized spacial score (nSPS) is 18.8. The summed E-state index contributed by atoms with van der Waals surface area (Å²) in [6, 6.07) is 1.84. The van der Waals surface area contributed by atoms with Crippen LogP contribution in [0.4, 0.5) is 0 Å². The number of aryl methyl sites for hydroxylation is 2. The molecule has 1 fully saturated rings. The van der Waals surface area contributed by atoms with Crippen LogP contribution in [-0.2, 0) is 35.5 Å². The highest BCUT2D eigenvalue weighted by Crippen LogP contribution is 2.25. The van der Waals surface area contributed by atoms with Gasteiger partial charge in [0.25, 0.3) is 0 Å². The van der Waals surface area contributed by atoms with E-state index in [9.17, 15) is 13.2 Å². The van der Waals surface area contributed by atoms with E-state index in [2.05, 4.69) is 15.5 Å². The first-order valence-corrected chi connectivity index (χ1v) is 9.98. The number of rotatable bonds is 5. The Labute approximate surface area is 153 Å². The zero-order valence-corrected chi connectivity index (χ0v) is 16.0. The molecular formula is C16H24N6O3S. The predicted molar refractivity (Wildman–Crippen MR) is 94.5 cm³/mol. The summed E-state index contributed by atoms with van der Waals surface area (Å²) in [5, 5.41) is 11.1. The first-order valence-electron chi connectivity index (χ1n) is 8.54. The molecular weight excluding hydrogens is 356 g/mol. The minimum Gasteiger partial charge on any atom is -0.350 e. The van der Waals surface area contributed by atoms with Gasteiger partial charge >= 0.3 is 0 Å². The third kappa shape index (κ3) is 3.65. The number of hydrogen-bond acceptors (Lipinski definition) is 5. The lowest BCUT2D eigenvalue weighted by Crippen LogP contribution is -2.45. The number of piperidine rings is 1. The fraction of sp³-hybridized carbons (Fsp3) is 0.562. The zero-order chi connectivity index (χ0) is 18.9. The van der Waals surface area contributed by atoms with Crippen LogP contribution in [0, 0.1) is 12.8 Å². The summed E-state index contributed by atoms with van der Waals surface area (Å²) in [4.78, 5) is 12.7. The van der Waals surface area contributed by atoms with Gasteiger partial charge in [-0.15, -0.1) is 0 Å². The number of hydrogen-bond donors (Lipinski definition) is 1. The number of nitrogens with zero attached hydrogens (tertiary/aromatic N) is 5. The van der Waals surface area contributed by atoms with Gasteiger partial charge in [-0.05, 0) is 25.8 Å². The molecule has 1 aliphatic rings. The quantitative estimate of drug-likeness (QED) is 0.797. The van der Waals surface area contributed by atoms with E-state index in [0.717, 1.165) is 5.69 Å². The topological polar surface area (TPSA) is 102 Å². The summed E-state index contributed by atoms with van der Waals surface area (Å²) < 4.78 is 30.4. The Balaban J connectivity index is 1.66. The lowest BCUT2D eigenvalue weighted by atomic mass is 9.99. The van der Waals surface area contributed by atoms with Gasteiger partial charge in [0, 0.05) is 33.4 Å². The molecule has 3 rings (SSSR count). The monoisotopic (exact) mass is 380 g/mol. The van der Waals surface area contributed by atoms with E-state index in [1.165, 1.54) is 15.2 Å². The van der Waals surface area contributed by atoms with Crippen LogP contribution >= 0.6 is 0 Å². The highest BCUT2D eigenvalue weighted by Gasteiger charge is 2.34. The van der Waals surface area contributed by atoms with Gasteiger partial charge in [-0.3, -0.25) is 14.2 Å². The molecule has 142 valence electrons. The summed E-state index contributed by atoms with van der Waals surface area (Å²) in [6.45, 7) is 2.66. The third-order valence-electron chi connectivity index (χ3n) is 4.78. The summed E-state index contributed by atoms with van der Waals surface area (Å²) in [5.41, 5.74) is 1.36. The van der Waals surface area contributed by atoms with Crippen molar-refractivity contribution in [3.8, 4) is 0 Å². The summed E-state index contributed by atoms with van der Waals surface area (Å²) >= 11 is 0. The fourth-order valence-corrected chi connectivity index (χ4v) is 4.83. The summed E-state index contributed by atoms with van der Waals surface area (Å²) in [6.07, 6.45) is 4.51. The van der Waals surface area contributed by atoms with Crippen LogP contribution in [-0.4, -0.2) is 51.3 Å². The van der Waals surface area contributed by atoms with E-state index < -0.39 is 10.0 Å². The second-order valence-corrected chi connectivity index (χ2v) is 8.52. The molecule has 3 heterocycles. The molecule has 0 aliphatic carbocycles. The fourth-order valence-electron chi connectivity index (χ4n) is 3.13. The van der Waals surface area contributed by atoms with Crippen molar-refractivity contribution in [2.45, 2.75) is 31.2 Å². The Morgan fingerprint density at radius 2 is 2.15 bits per heavy atom. The summed E-state index contributed by atoms with van der Waals surface area (Å²) in [5.74, 6) is -0.502. The first-order chi connectivity index (χ1) is 12.3. The van der Waals surface area contributed by atoms with Gasteiger partial charge in [-0.1, -0.05) is 0 Å². The average Bonchev–Trinajstić information content (AvgIpc) is 3.19. The second kappa shape index (κ2) is 7.20. The molecule has 1 amide bonds. The Bertz CT molecular complexity index is 901. The van der Waals surface area contributed by atoms with E-state index in [1.54, 1.807) is 18.7 Å². The Kier molecular flexibility index (Phi) is 5.15. The SMILES string of the molecule is Cc1c(S(=O)(=O)N2CCC[C@H](C(=O)NCc3ccn(C)n3)C2)cnn1C. The maximum absolute atomic E-state index is 12.9.